The van der Waals surface area contributed by atoms with E-state index in [0.29, 0.717) is 18.4 Å². The van der Waals surface area contributed by atoms with Crippen molar-refractivity contribution in [2.75, 3.05) is 20.8 Å². The van der Waals surface area contributed by atoms with E-state index in [1.165, 1.54) is 36.8 Å². The molecule has 2 saturated carbocycles. The minimum atomic E-state index is 0.341. The smallest absolute Gasteiger partial charge is 0.223 e. The minimum Gasteiger partial charge on any atom is -0.493 e. The molecule has 1 heterocycles. The molecule has 3 atom stereocenters. The van der Waals surface area contributed by atoms with Crippen molar-refractivity contribution in [1.29, 1.82) is 0 Å². The summed E-state index contributed by atoms with van der Waals surface area (Å²) in [6, 6.07) is 4.09. The Morgan fingerprint density at radius 2 is 1.88 bits per heavy atom. The predicted molar refractivity (Wildman–Crippen MR) is 92.2 cm³/mol. The summed E-state index contributed by atoms with van der Waals surface area (Å²) in [6.07, 6.45) is 7.06. The van der Waals surface area contributed by atoms with Gasteiger partial charge in [0.25, 0.3) is 0 Å². The van der Waals surface area contributed by atoms with Crippen LogP contribution in [-0.2, 0) is 17.8 Å². The summed E-state index contributed by atoms with van der Waals surface area (Å²) in [4.78, 5) is 14.8. The fraction of sp³-hybridized carbons (Fsp3) is 0.650. The van der Waals surface area contributed by atoms with Crippen molar-refractivity contribution in [2.24, 2.45) is 17.8 Å². The van der Waals surface area contributed by atoms with Crippen LogP contribution in [0, 0.1) is 17.8 Å². The Morgan fingerprint density at radius 3 is 2.50 bits per heavy atom. The highest BCUT2D eigenvalue weighted by Gasteiger charge is 2.40. The van der Waals surface area contributed by atoms with Gasteiger partial charge in [-0.3, -0.25) is 4.79 Å². The Balaban J connectivity index is 1.44. The molecular weight excluding hydrogens is 302 g/mol. The van der Waals surface area contributed by atoms with Crippen LogP contribution in [0.3, 0.4) is 0 Å². The molecule has 130 valence electrons. The molecular formula is C20H27NO3. The van der Waals surface area contributed by atoms with Gasteiger partial charge >= 0.3 is 0 Å². The van der Waals surface area contributed by atoms with Gasteiger partial charge in [-0.05, 0) is 66.7 Å². The average molecular weight is 329 g/mol. The molecule has 0 unspecified atom stereocenters. The summed E-state index contributed by atoms with van der Waals surface area (Å²) in [7, 11) is 3.32. The second-order valence-corrected chi connectivity index (χ2v) is 7.68. The van der Waals surface area contributed by atoms with Crippen LogP contribution in [0.4, 0.5) is 0 Å². The second-order valence-electron chi connectivity index (χ2n) is 7.68. The zero-order valence-corrected chi connectivity index (χ0v) is 14.7. The molecule has 1 amide bonds. The van der Waals surface area contributed by atoms with E-state index in [2.05, 4.69) is 6.07 Å². The van der Waals surface area contributed by atoms with E-state index in [1.807, 2.05) is 11.0 Å². The summed E-state index contributed by atoms with van der Waals surface area (Å²) in [5.41, 5.74) is 2.47. The Labute approximate surface area is 144 Å². The van der Waals surface area contributed by atoms with Crippen molar-refractivity contribution in [3.8, 4) is 11.5 Å². The minimum absolute atomic E-state index is 0.341. The average Bonchev–Trinajstić information content (AvgIpc) is 3.22. The standard InChI is InChI=1S/C20H27NO3/c1-23-18-9-15-5-6-21(12-17(15)10-19(18)24-2)20(22)11-16-8-13-3-4-14(16)7-13/h9-10,13-14,16H,3-8,11-12H2,1-2H3/t13-,14-,16+/m1/s1. The summed E-state index contributed by atoms with van der Waals surface area (Å²) in [5.74, 6) is 4.24. The van der Waals surface area contributed by atoms with Crippen LogP contribution >= 0.6 is 0 Å². The van der Waals surface area contributed by atoms with Gasteiger partial charge in [0.1, 0.15) is 0 Å². The van der Waals surface area contributed by atoms with Gasteiger partial charge in [-0.25, -0.2) is 0 Å². The van der Waals surface area contributed by atoms with Crippen LogP contribution in [0.5, 0.6) is 11.5 Å². The summed E-state index contributed by atoms with van der Waals surface area (Å²) < 4.78 is 10.8. The summed E-state index contributed by atoms with van der Waals surface area (Å²) >= 11 is 0. The number of hydrogen-bond acceptors (Lipinski definition) is 3. The van der Waals surface area contributed by atoms with E-state index in [0.717, 1.165) is 42.7 Å². The SMILES string of the molecule is COc1cc2c(cc1OC)CN(C(=O)C[C@@H]1C[C@@H]3CC[C@@H]1C3)CC2. The van der Waals surface area contributed by atoms with Gasteiger partial charge in [0.05, 0.1) is 14.2 Å². The third kappa shape index (κ3) is 2.76. The van der Waals surface area contributed by atoms with Gasteiger partial charge in [0, 0.05) is 19.5 Å². The van der Waals surface area contributed by atoms with Crippen molar-refractivity contribution in [3.63, 3.8) is 0 Å². The fourth-order valence-electron chi connectivity index (χ4n) is 5.08. The molecule has 2 aliphatic carbocycles. The first-order valence-electron chi connectivity index (χ1n) is 9.19. The van der Waals surface area contributed by atoms with Crippen LogP contribution in [0.2, 0.25) is 0 Å². The normalized spacial score (nSPS) is 27.9. The van der Waals surface area contributed by atoms with Gasteiger partial charge in [0.15, 0.2) is 11.5 Å². The number of carbonyl (C=O) groups is 1. The van der Waals surface area contributed by atoms with E-state index in [9.17, 15) is 4.79 Å². The lowest BCUT2D eigenvalue weighted by Gasteiger charge is -2.31. The molecule has 24 heavy (non-hydrogen) atoms. The summed E-state index contributed by atoms with van der Waals surface area (Å²) in [5, 5.41) is 0. The van der Waals surface area contributed by atoms with Crippen molar-refractivity contribution >= 4 is 5.91 Å². The highest BCUT2D eigenvalue weighted by atomic mass is 16.5. The van der Waals surface area contributed by atoms with Crippen LogP contribution in [-0.4, -0.2) is 31.6 Å². The fourth-order valence-corrected chi connectivity index (χ4v) is 5.08. The van der Waals surface area contributed by atoms with Crippen LogP contribution in [0.1, 0.15) is 43.2 Å². The topological polar surface area (TPSA) is 38.8 Å². The largest absolute Gasteiger partial charge is 0.493 e. The lowest BCUT2D eigenvalue weighted by Crippen LogP contribution is -2.37. The lowest BCUT2D eigenvalue weighted by atomic mass is 9.86. The quantitative estimate of drug-likeness (QED) is 0.850. The van der Waals surface area contributed by atoms with Crippen LogP contribution < -0.4 is 9.47 Å². The van der Waals surface area contributed by atoms with Gasteiger partial charge in [-0.15, -0.1) is 0 Å². The molecule has 2 fully saturated rings. The van der Waals surface area contributed by atoms with Crippen molar-refractivity contribution in [1.82, 2.24) is 4.90 Å². The maximum Gasteiger partial charge on any atom is 0.223 e. The van der Waals surface area contributed by atoms with Gasteiger partial charge < -0.3 is 14.4 Å². The molecule has 2 bridgehead atoms. The van der Waals surface area contributed by atoms with E-state index in [4.69, 9.17) is 9.47 Å². The molecule has 4 rings (SSSR count). The number of rotatable bonds is 4. The molecule has 1 aromatic carbocycles. The monoisotopic (exact) mass is 329 g/mol. The number of carbonyl (C=O) groups excluding carboxylic acids is 1. The molecule has 3 aliphatic rings. The van der Waals surface area contributed by atoms with Crippen molar-refractivity contribution in [3.05, 3.63) is 23.3 Å². The third-order valence-electron chi connectivity index (χ3n) is 6.39. The maximum absolute atomic E-state index is 12.8. The third-order valence-corrected chi connectivity index (χ3v) is 6.39. The zero-order chi connectivity index (χ0) is 16.7. The molecule has 0 saturated heterocycles. The Bertz CT molecular complexity index is 642. The first-order valence-corrected chi connectivity index (χ1v) is 9.19. The lowest BCUT2D eigenvalue weighted by molar-refractivity contribution is -0.133. The van der Waals surface area contributed by atoms with Crippen molar-refractivity contribution < 1.29 is 14.3 Å². The molecule has 0 N–H and O–H groups in total. The second kappa shape index (κ2) is 6.30. The van der Waals surface area contributed by atoms with Gasteiger partial charge in [-0.1, -0.05) is 6.42 Å². The maximum atomic E-state index is 12.8. The first-order chi connectivity index (χ1) is 11.7. The molecule has 4 heteroatoms. The molecule has 1 aromatic rings. The highest BCUT2D eigenvalue weighted by Crippen LogP contribution is 2.49. The van der Waals surface area contributed by atoms with Gasteiger partial charge in [0.2, 0.25) is 5.91 Å². The first kappa shape index (κ1) is 15.8. The van der Waals surface area contributed by atoms with E-state index >= 15 is 0 Å². The van der Waals surface area contributed by atoms with E-state index < -0.39 is 0 Å². The van der Waals surface area contributed by atoms with E-state index in [-0.39, 0.29) is 0 Å². The summed E-state index contributed by atoms with van der Waals surface area (Å²) in [6.45, 7) is 1.53. The molecule has 0 spiro atoms. The number of amides is 1. The zero-order valence-electron chi connectivity index (χ0n) is 14.7. The molecule has 0 aromatic heterocycles. The Hall–Kier alpha value is -1.71. The number of fused-ring (bicyclic) bond motifs is 3. The molecule has 0 radical (unpaired) electrons. The number of benzene rings is 1. The molecule has 4 nitrogen and oxygen atoms in total. The number of methoxy groups -OCH3 is 2. The number of hydrogen-bond donors (Lipinski definition) is 0. The van der Waals surface area contributed by atoms with Gasteiger partial charge in [-0.2, -0.15) is 0 Å². The van der Waals surface area contributed by atoms with Crippen LogP contribution in [0.15, 0.2) is 12.1 Å². The molecule has 1 aliphatic heterocycles. The Morgan fingerprint density at radius 1 is 1.12 bits per heavy atom. The van der Waals surface area contributed by atoms with Crippen LogP contribution in [0.25, 0.3) is 0 Å². The van der Waals surface area contributed by atoms with E-state index in [1.54, 1.807) is 14.2 Å². The van der Waals surface area contributed by atoms with Crippen molar-refractivity contribution in [2.45, 2.75) is 45.1 Å². The number of ether oxygens (including phenoxy) is 2. The number of nitrogens with zero attached hydrogens (tertiary/aromatic N) is 1. The highest BCUT2D eigenvalue weighted by molar-refractivity contribution is 5.77. The predicted octanol–water partition coefficient (Wildman–Crippen LogP) is 3.41. The Kier molecular flexibility index (Phi) is 4.15.